The zero-order valence-electron chi connectivity index (χ0n) is 10.1. The third kappa shape index (κ3) is 3.87. The van der Waals surface area contributed by atoms with Gasteiger partial charge in [-0.1, -0.05) is 0 Å². The highest BCUT2D eigenvalue weighted by molar-refractivity contribution is 5.85. The van der Waals surface area contributed by atoms with Crippen molar-refractivity contribution < 1.29 is 0 Å². The SMILES string of the molecule is CCn1cc(CNCc2cnn(C)c2)cn1.Cl. The molecule has 0 atom stereocenters. The first-order valence-electron chi connectivity index (χ1n) is 5.47. The van der Waals surface area contributed by atoms with E-state index in [1.807, 2.05) is 35.0 Å². The molecule has 0 fully saturated rings. The Morgan fingerprint density at radius 2 is 1.76 bits per heavy atom. The van der Waals surface area contributed by atoms with Crippen LogP contribution in [-0.4, -0.2) is 19.6 Å². The Kier molecular flexibility index (Phi) is 5.18. The van der Waals surface area contributed by atoms with Crippen LogP contribution in [0.4, 0.5) is 0 Å². The summed E-state index contributed by atoms with van der Waals surface area (Å²) in [6.45, 7) is 4.68. The van der Waals surface area contributed by atoms with Crippen molar-refractivity contribution in [2.45, 2.75) is 26.6 Å². The van der Waals surface area contributed by atoms with E-state index in [1.54, 1.807) is 0 Å². The number of aromatic nitrogens is 4. The first-order chi connectivity index (χ1) is 7.78. The molecule has 5 nitrogen and oxygen atoms in total. The molecule has 94 valence electrons. The molecule has 0 saturated carbocycles. The van der Waals surface area contributed by atoms with Crippen LogP contribution < -0.4 is 5.32 Å². The lowest BCUT2D eigenvalue weighted by Crippen LogP contribution is -2.11. The number of hydrogen-bond acceptors (Lipinski definition) is 3. The fourth-order valence-electron chi connectivity index (χ4n) is 1.58. The van der Waals surface area contributed by atoms with Crippen LogP contribution in [0.3, 0.4) is 0 Å². The lowest BCUT2D eigenvalue weighted by molar-refractivity contribution is 0.655. The predicted molar refractivity (Wildman–Crippen MR) is 68.9 cm³/mol. The van der Waals surface area contributed by atoms with Gasteiger partial charge in [0.05, 0.1) is 12.4 Å². The van der Waals surface area contributed by atoms with Gasteiger partial charge >= 0.3 is 0 Å². The van der Waals surface area contributed by atoms with Crippen molar-refractivity contribution in [3.63, 3.8) is 0 Å². The van der Waals surface area contributed by atoms with Gasteiger partial charge in [-0.15, -0.1) is 12.4 Å². The molecule has 0 aliphatic carbocycles. The molecule has 1 N–H and O–H groups in total. The molecule has 0 radical (unpaired) electrons. The van der Waals surface area contributed by atoms with Gasteiger partial charge in [-0.3, -0.25) is 9.36 Å². The number of halogens is 1. The molecule has 0 bridgehead atoms. The predicted octanol–water partition coefficient (Wildman–Crippen LogP) is 1.35. The van der Waals surface area contributed by atoms with E-state index in [0.717, 1.165) is 19.6 Å². The summed E-state index contributed by atoms with van der Waals surface area (Å²) in [5.41, 5.74) is 2.41. The van der Waals surface area contributed by atoms with Crippen molar-refractivity contribution in [2.24, 2.45) is 7.05 Å². The lowest BCUT2D eigenvalue weighted by Gasteiger charge is -1.99. The third-order valence-corrected chi connectivity index (χ3v) is 2.43. The largest absolute Gasteiger partial charge is 0.308 e. The molecular weight excluding hydrogens is 238 g/mol. The maximum atomic E-state index is 4.22. The Morgan fingerprint density at radius 1 is 1.12 bits per heavy atom. The van der Waals surface area contributed by atoms with Crippen molar-refractivity contribution in [2.75, 3.05) is 0 Å². The van der Waals surface area contributed by atoms with Crippen molar-refractivity contribution in [1.29, 1.82) is 0 Å². The number of rotatable bonds is 5. The zero-order chi connectivity index (χ0) is 11.4. The van der Waals surface area contributed by atoms with Crippen LogP contribution >= 0.6 is 12.4 Å². The molecule has 17 heavy (non-hydrogen) atoms. The molecule has 0 aliphatic heterocycles. The molecule has 2 heterocycles. The quantitative estimate of drug-likeness (QED) is 0.877. The number of nitrogens with one attached hydrogen (secondary N) is 1. The Labute approximate surface area is 107 Å². The third-order valence-electron chi connectivity index (χ3n) is 2.43. The minimum absolute atomic E-state index is 0. The average Bonchev–Trinajstić information content (AvgIpc) is 2.88. The molecule has 0 amide bonds. The number of hydrogen-bond donors (Lipinski definition) is 1. The highest BCUT2D eigenvalue weighted by Crippen LogP contribution is 1.99. The van der Waals surface area contributed by atoms with Crippen molar-refractivity contribution in [1.82, 2.24) is 24.9 Å². The van der Waals surface area contributed by atoms with E-state index in [9.17, 15) is 0 Å². The van der Waals surface area contributed by atoms with Gasteiger partial charge in [0.1, 0.15) is 0 Å². The van der Waals surface area contributed by atoms with E-state index in [0.29, 0.717) is 0 Å². The highest BCUT2D eigenvalue weighted by Gasteiger charge is 1.98. The van der Waals surface area contributed by atoms with Crippen molar-refractivity contribution in [3.8, 4) is 0 Å². The van der Waals surface area contributed by atoms with Gasteiger partial charge in [0.2, 0.25) is 0 Å². The molecule has 6 heteroatoms. The second-order valence-electron chi connectivity index (χ2n) is 3.83. The maximum Gasteiger partial charge on any atom is 0.0534 e. The van der Waals surface area contributed by atoms with Crippen LogP contribution in [-0.2, 0) is 26.7 Å². The molecule has 0 spiro atoms. The van der Waals surface area contributed by atoms with Crippen LogP contribution in [0.25, 0.3) is 0 Å². The van der Waals surface area contributed by atoms with Crippen molar-refractivity contribution >= 4 is 12.4 Å². The van der Waals surface area contributed by atoms with Gasteiger partial charge in [-0.05, 0) is 6.92 Å². The summed E-state index contributed by atoms with van der Waals surface area (Å²) in [7, 11) is 1.93. The van der Waals surface area contributed by atoms with E-state index in [2.05, 4.69) is 28.6 Å². The summed E-state index contributed by atoms with van der Waals surface area (Å²) >= 11 is 0. The molecular formula is C11H18ClN5. The van der Waals surface area contributed by atoms with E-state index >= 15 is 0 Å². The van der Waals surface area contributed by atoms with Gasteiger partial charge in [0.15, 0.2) is 0 Å². The fraction of sp³-hybridized carbons (Fsp3) is 0.455. The standard InChI is InChI=1S/C11H17N5.ClH/c1-3-16-9-11(7-14-16)5-12-4-10-6-13-15(2)8-10;/h6-9,12H,3-5H2,1-2H3;1H. The number of nitrogens with zero attached hydrogens (tertiary/aromatic N) is 4. The van der Waals surface area contributed by atoms with Gasteiger partial charge in [-0.2, -0.15) is 10.2 Å². The minimum Gasteiger partial charge on any atom is -0.308 e. The Morgan fingerprint density at radius 3 is 2.29 bits per heavy atom. The summed E-state index contributed by atoms with van der Waals surface area (Å²) in [5, 5.41) is 11.7. The maximum absolute atomic E-state index is 4.22. The van der Waals surface area contributed by atoms with E-state index in [4.69, 9.17) is 0 Å². The van der Waals surface area contributed by atoms with Gasteiger partial charge in [0.25, 0.3) is 0 Å². The lowest BCUT2D eigenvalue weighted by atomic mass is 10.3. The van der Waals surface area contributed by atoms with E-state index in [1.165, 1.54) is 11.1 Å². The monoisotopic (exact) mass is 255 g/mol. The Balaban J connectivity index is 0.00000144. The second kappa shape index (κ2) is 6.42. The molecule has 2 aromatic heterocycles. The molecule has 2 aromatic rings. The molecule has 0 aliphatic rings. The highest BCUT2D eigenvalue weighted by atomic mass is 35.5. The Bertz CT molecular complexity index is 448. The van der Waals surface area contributed by atoms with Crippen molar-refractivity contribution in [3.05, 3.63) is 35.9 Å². The van der Waals surface area contributed by atoms with Crippen LogP contribution in [0, 0.1) is 0 Å². The summed E-state index contributed by atoms with van der Waals surface area (Å²) in [6, 6.07) is 0. The molecule has 2 rings (SSSR count). The Hall–Kier alpha value is -1.33. The average molecular weight is 256 g/mol. The topological polar surface area (TPSA) is 47.7 Å². The number of aryl methyl sites for hydroxylation is 2. The van der Waals surface area contributed by atoms with Crippen LogP contribution in [0.1, 0.15) is 18.1 Å². The van der Waals surface area contributed by atoms with Gasteiger partial charge < -0.3 is 5.32 Å². The van der Waals surface area contributed by atoms with E-state index < -0.39 is 0 Å². The van der Waals surface area contributed by atoms with E-state index in [-0.39, 0.29) is 12.4 Å². The first kappa shape index (κ1) is 13.7. The van der Waals surface area contributed by atoms with Crippen LogP contribution in [0.2, 0.25) is 0 Å². The molecule has 0 aromatic carbocycles. The smallest absolute Gasteiger partial charge is 0.0534 e. The first-order valence-corrected chi connectivity index (χ1v) is 5.47. The van der Waals surface area contributed by atoms with Gasteiger partial charge in [-0.25, -0.2) is 0 Å². The van der Waals surface area contributed by atoms with Crippen LogP contribution in [0.15, 0.2) is 24.8 Å². The fourth-order valence-corrected chi connectivity index (χ4v) is 1.58. The summed E-state index contributed by atoms with van der Waals surface area (Å²) in [5.74, 6) is 0. The zero-order valence-corrected chi connectivity index (χ0v) is 10.9. The summed E-state index contributed by atoms with van der Waals surface area (Å²) in [4.78, 5) is 0. The summed E-state index contributed by atoms with van der Waals surface area (Å²) < 4.78 is 3.74. The normalized spacial score (nSPS) is 10.2. The van der Waals surface area contributed by atoms with Gasteiger partial charge in [0, 0.05) is 50.2 Å². The second-order valence-corrected chi connectivity index (χ2v) is 3.83. The summed E-state index contributed by atoms with van der Waals surface area (Å²) in [6.07, 6.45) is 7.86. The molecule has 0 saturated heterocycles. The van der Waals surface area contributed by atoms with Crippen LogP contribution in [0.5, 0.6) is 0 Å². The minimum atomic E-state index is 0. The molecule has 0 unspecified atom stereocenters.